The lowest BCUT2D eigenvalue weighted by Gasteiger charge is -2.40. The van der Waals surface area contributed by atoms with Crippen LogP contribution in [0.4, 0.5) is 0 Å². The van der Waals surface area contributed by atoms with Gasteiger partial charge in [-0.1, -0.05) is 119 Å². The molecule has 0 radical (unpaired) electrons. The van der Waals surface area contributed by atoms with Gasteiger partial charge in [-0.15, -0.1) is 0 Å². The SMILES string of the molecule is CCC1(COCC(C)(C)C)COC1.CCC1(COCc2ccc(C(C)(C)C)cc2)COC1.CCC1(COc2ccc(C(C)(C)C)cc2)COC1. The van der Waals surface area contributed by atoms with E-state index in [0.717, 1.165) is 91.1 Å². The largest absolute Gasteiger partial charge is 0.493 e. The highest BCUT2D eigenvalue weighted by atomic mass is 16.5. The Morgan fingerprint density at radius 2 is 0.900 bits per heavy atom. The molecule has 3 fully saturated rings. The van der Waals surface area contributed by atoms with Gasteiger partial charge >= 0.3 is 0 Å². The molecule has 0 amide bonds. The molecule has 0 atom stereocenters. The van der Waals surface area contributed by atoms with E-state index in [1.807, 2.05) is 0 Å². The number of ether oxygens (including phenoxy) is 6. The molecule has 2 aromatic carbocycles. The van der Waals surface area contributed by atoms with Gasteiger partial charge in [-0.05, 0) is 64.3 Å². The van der Waals surface area contributed by atoms with Crippen molar-refractivity contribution in [3.05, 3.63) is 65.2 Å². The first kappa shape index (κ1) is 42.5. The summed E-state index contributed by atoms with van der Waals surface area (Å²) in [6.45, 7) is 35.7. The van der Waals surface area contributed by atoms with Gasteiger partial charge in [0.1, 0.15) is 5.75 Å². The Bertz CT molecular complexity index is 1220. The first-order valence-corrected chi connectivity index (χ1v) is 19.1. The molecule has 0 aliphatic carbocycles. The lowest BCUT2D eigenvalue weighted by Crippen LogP contribution is -2.46. The molecule has 0 N–H and O–H groups in total. The lowest BCUT2D eigenvalue weighted by atomic mass is 9.84. The third-order valence-corrected chi connectivity index (χ3v) is 10.4. The summed E-state index contributed by atoms with van der Waals surface area (Å²) in [7, 11) is 0. The zero-order valence-electron chi connectivity index (χ0n) is 34.0. The Morgan fingerprint density at radius 3 is 1.24 bits per heavy atom. The highest BCUT2D eigenvalue weighted by Crippen LogP contribution is 2.34. The molecule has 0 unspecified atom stereocenters. The highest BCUT2D eigenvalue weighted by molar-refractivity contribution is 5.31. The van der Waals surface area contributed by atoms with Crippen LogP contribution in [0.1, 0.15) is 119 Å². The van der Waals surface area contributed by atoms with Crippen molar-refractivity contribution in [2.45, 2.75) is 120 Å². The second kappa shape index (κ2) is 18.2. The van der Waals surface area contributed by atoms with E-state index >= 15 is 0 Å². The maximum Gasteiger partial charge on any atom is 0.119 e. The fourth-order valence-electron chi connectivity index (χ4n) is 5.69. The van der Waals surface area contributed by atoms with Gasteiger partial charge in [0.15, 0.2) is 0 Å². The summed E-state index contributed by atoms with van der Waals surface area (Å²) in [5.41, 5.74) is 5.53. The Balaban J connectivity index is 0.000000207. The molecule has 284 valence electrons. The van der Waals surface area contributed by atoms with Crippen molar-refractivity contribution in [2.24, 2.45) is 21.7 Å². The smallest absolute Gasteiger partial charge is 0.119 e. The Morgan fingerprint density at radius 1 is 0.520 bits per heavy atom. The van der Waals surface area contributed by atoms with Crippen LogP contribution >= 0.6 is 0 Å². The van der Waals surface area contributed by atoms with Crippen molar-refractivity contribution < 1.29 is 28.4 Å². The molecule has 0 aromatic heterocycles. The van der Waals surface area contributed by atoms with E-state index in [9.17, 15) is 0 Å². The summed E-state index contributed by atoms with van der Waals surface area (Å²) in [4.78, 5) is 0. The number of benzene rings is 2. The van der Waals surface area contributed by atoms with E-state index in [1.54, 1.807) is 0 Å². The zero-order valence-corrected chi connectivity index (χ0v) is 34.0. The Kier molecular flexibility index (Phi) is 15.4. The van der Waals surface area contributed by atoms with Crippen LogP contribution in [-0.2, 0) is 41.1 Å². The molecule has 0 saturated carbocycles. The minimum Gasteiger partial charge on any atom is -0.493 e. The van der Waals surface area contributed by atoms with Crippen LogP contribution in [0.5, 0.6) is 5.75 Å². The average molecular weight is 697 g/mol. The molecule has 2 aromatic rings. The molecular weight excluding hydrogens is 624 g/mol. The number of hydrogen-bond donors (Lipinski definition) is 0. The molecular formula is C44H72O6. The van der Waals surface area contributed by atoms with Crippen molar-refractivity contribution in [2.75, 3.05) is 66.1 Å². The van der Waals surface area contributed by atoms with Gasteiger partial charge < -0.3 is 28.4 Å². The van der Waals surface area contributed by atoms with E-state index in [0.29, 0.717) is 12.0 Å². The van der Waals surface area contributed by atoms with Crippen LogP contribution in [0.25, 0.3) is 0 Å². The third-order valence-electron chi connectivity index (χ3n) is 10.4. The molecule has 3 aliphatic heterocycles. The second-order valence-electron chi connectivity index (χ2n) is 18.6. The normalized spacial score (nSPS) is 19.0. The molecule has 50 heavy (non-hydrogen) atoms. The quantitative estimate of drug-likeness (QED) is 0.208. The van der Waals surface area contributed by atoms with Crippen molar-refractivity contribution in [3.8, 4) is 5.75 Å². The maximum absolute atomic E-state index is 5.89. The van der Waals surface area contributed by atoms with Crippen molar-refractivity contribution in [1.29, 1.82) is 0 Å². The Hall–Kier alpha value is -1.96. The van der Waals surface area contributed by atoms with Gasteiger partial charge in [0.2, 0.25) is 0 Å². The number of hydrogen-bond acceptors (Lipinski definition) is 6. The number of rotatable bonds is 13. The van der Waals surface area contributed by atoms with Crippen molar-refractivity contribution in [1.82, 2.24) is 0 Å². The van der Waals surface area contributed by atoms with E-state index in [-0.39, 0.29) is 27.1 Å². The fourth-order valence-corrected chi connectivity index (χ4v) is 5.69. The average Bonchev–Trinajstić information content (AvgIpc) is 2.99. The minimum atomic E-state index is 0.199. The lowest BCUT2D eigenvalue weighted by molar-refractivity contribution is -0.155. The van der Waals surface area contributed by atoms with Crippen LogP contribution in [0.15, 0.2) is 48.5 Å². The molecule has 6 heteroatoms. The van der Waals surface area contributed by atoms with Gasteiger partial charge in [-0.25, -0.2) is 0 Å². The van der Waals surface area contributed by atoms with E-state index in [2.05, 4.69) is 132 Å². The summed E-state index contributed by atoms with van der Waals surface area (Å²) in [6, 6.07) is 17.2. The first-order chi connectivity index (χ1) is 23.4. The summed E-state index contributed by atoms with van der Waals surface area (Å²) in [5, 5.41) is 0. The predicted molar refractivity (Wildman–Crippen MR) is 206 cm³/mol. The minimum absolute atomic E-state index is 0.199. The molecule has 0 bridgehead atoms. The standard InChI is InChI=1S/C17H26O2.C16H24O2.C11H22O2/c1-5-17(12-19-13-17)11-18-10-14-6-8-15(9-7-14)16(2,3)4;1-5-16(10-17-11-16)12-18-14-8-6-13(7-9-14)15(2,3)4;1-5-11(8-13-9-11)7-12-6-10(2,3)4/h6-9H,5,10-13H2,1-4H3;6-9H,5,10-12H2,1-4H3;5-9H2,1-4H3. The Labute approximate surface area is 306 Å². The zero-order chi connectivity index (χ0) is 37.1. The highest BCUT2D eigenvalue weighted by Gasteiger charge is 2.39. The monoisotopic (exact) mass is 697 g/mol. The molecule has 3 saturated heterocycles. The van der Waals surface area contributed by atoms with Gasteiger partial charge in [-0.2, -0.15) is 0 Å². The first-order valence-electron chi connectivity index (χ1n) is 19.1. The predicted octanol–water partition coefficient (Wildman–Crippen LogP) is 10.2. The topological polar surface area (TPSA) is 55.4 Å². The van der Waals surface area contributed by atoms with E-state index in [1.165, 1.54) is 16.7 Å². The van der Waals surface area contributed by atoms with Crippen molar-refractivity contribution >= 4 is 0 Å². The van der Waals surface area contributed by atoms with Crippen LogP contribution in [0, 0.1) is 21.7 Å². The van der Waals surface area contributed by atoms with Gasteiger partial charge in [-0.3, -0.25) is 0 Å². The van der Waals surface area contributed by atoms with Crippen molar-refractivity contribution in [3.63, 3.8) is 0 Å². The second-order valence-corrected chi connectivity index (χ2v) is 18.6. The fraction of sp³-hybridized carbons (Fsp3) is 0.727. The summed E-state index contributed by atoms with van der Waals surface area (Å²) < 4.78 is 33.3. The molecule has 5 rings (SSSR count). The van der Waals surface area contributed by atoms with Crippen LogP contribution in [-0.4, -0.2) is 66.1 Å². The van der Waals surface area contributed by atoms with Crippen LogP contribution in [0.3, 0.4) is 0 Å². The van der Waals surface area contributed by atoms with E-state index < -0.39 is 0 Å². The third kappa shape index (κ3) is 13.2. The van der Waals surface area contributed by atoms with Gasteiger partial charge in [0.25, 0.3) is 0 Å². The summed E-state index contributed by atoms with van der Waals surface area (Å²) >= 11 is 0. The summed E-state index contributed by atoms with van der Waals surface area (Å²) in [5.74, 6) is 0.961. The van der Waals surface area contributed by atoms with Crippen LogP contribution < -0.4 is 4.74 Å². The van der Waals surface area contributed by atoms with Crippen LogP contribution in [0.2, 0.25) is 0 Å². The molecule has 0 spiro atoms. The van der Waals surface area contributed by atoms with Gasteiger partial charge in [0.05, 0.1) is 78.1 Å². The summed E-state index contributed by atoms with van der Waals surface area (Å²) in [6.07, 6.45) is 3.42. The maximum atomic E-state index is 5.89. The van der Waals surface area contributed by atoms with E-state index in [4.69, 9.17) is 28.4 Å². The van der Waals surface area contributed by atoms with Gasteiger partial charge in [0, 0.05) is 10.8 Å². The molecule has 3 heterocycles. The molecule has 6 nitrogen and oxygen atoms in total. The molecule has 3 aliphatic rings.